The van der Waals surface area contributed by atoms with Crippen LogP contribution < -0.4 is 15.4 Å². The molecule has 1 aromatic heterocycles. The fourth-order valence-corrected chi connectivity index (χ4v) is 3.34. The molecule has 0 aliphatic carbocycles. The van der Waals surface area contributed by atoms with Crippen LogP contribution in [0.25, 0.3) is 0 Å². The number of methoxy groups -OCH3 is 1. The molecule has 1 heterocycles. The Bertz CT molecular complexity index is 919. The smallest absolute Gasteiger partial charge is 0.247 e. The number of pyridine rings is 1. The molecular weight excluding hydrogens is 436 g/mol. The summed E-state index contributed by atoms with van der Waals surface area (Å²) in [5.74, 6) is 0.130. The lowest BCUT2D eigenvalue weighted by Crippen LogP contribution is -2.46. The van der Waals surface area contributed by atoms with Gasteiger partial charge in [-0.2, -0.15) is 0 Å². The van der Waals surface area contributed by atoms with Gasteiger partial charge >= 0.3 is 0 Å². The minimum atomic E-state index is -0.875. The van der Waals surface area contributed by atoms with Crippen molar-refractivity contribution in [1.82, 2.24) is 15.2 Å². The molecule has 0 aliphatic rings. The van der Waals surface area contributed by atoms with E-state index >= 15 is 0 Å². The Labute approximate surface area is 200 Å². The maximum Gasteiger partial charge on any atom is 0.247 e. The van der Waals surface area contributed by atoms with Crippen LogP contribution >= 0.6 is 0 Å². The van der Waals surface area contributed by atoms with Gasteiger partial charge in [-0.15, -0.1) is 0 Å². The van der Waals surface area contributed by atoms with Crippen molar-refractivity contribution in [2.45, 2.75) is 45.7 Å². The number of amides is 3. The lowest BCUT2D eigenvalue weighted by molar-refractivity contribution is -0.142. The minimum Gasteiger partial charge on any atom is -0.494 e. The number of carbonyl (C=O) groups excluding carboxylic acids is 3. The summed E-state index contributed by atoms with van der Waals surface area (Å²) in [6.07, 6.45) is 1.47. The van der Waals surface area contributed by atoms with Crippen LogP contribution in [-0.4, -0.2) is 60.5 Å². The summed E-state index contributed by atoms with van der Waals surface area (Å²) in [4.78, 5) is 44.3. The maximum absolute atomic E-state index is 13.3. The normalized spacial score (nSPS) is 11.6. The molecule has 1 aromatic carbocycles. The van der Waals surface area contributed by atoms with Gasteiger partial charge in [0.2, 0.25) is 17.7 Å². The summed E-state index contributed by atoms with van der Waals surface area (Å²) in [6, 6.07) is 11.3. The minimum absolute atomic E-state index is 0.0410. The molecule has 34 heavy (non-hydrogen) atoms. The molecule has 3 amide bonds. The first kappa shape index (κ1) is 26.8. The highest BCUT2D eigenvalue weighted by molar-refractivity contribution is 5.94. The summed E-state index contributed by atoms with van der Waals surface area (Å²) in [5, 5.41) is 5.57. The number of nitrogens with zero attached hydrogens (tertiary/aromatic N) is 2. The summed E-state index contributed by atoms with van der Waals surface area (Å²) in [7, 11) is 1.53. The first-order valence-corrected chi connectivity index (χ1v) is 11.4. The number of hydrogen-bond acceptors (Lipinski definition) is 6. The third kappa shape index (κ3) is 8.47. The summed E-state index contributed by atoms with van der Waals surface area (Å²) < 4.78 is 10.7. The van der Waals surface area contributed by atoms with Crippen molar-refractivity contribution in [3.05, 3.63) is 54.2 Å². The van der Waals surface area contributed by atoms with Crippen molar-refractivity contribution in [3.63, 3.8) is 0 Å². The molecule has 2 rings (SSSR count). The van der Waals surface area contributed by atoms with Crippen LogP contribution in [0.3, 0.4) is 0 Å². The fraction of sp³-hybridized carbons (Fsp3) is 0.440. The quantitative estimate of drug-likeness (QED) is 0.466. The molecular formula is C25H34N4O5. The Kier molecular flexibility index (Phi) is 11.0. The van der Waals surface area contributed by atoms with Gasteiger partial charge in [-0.3, -0.25) is 14.4 Å². The number of ether oxygens (including phenoxy) is 2. The first-order chi connectivity index (χ1) is 16.3. The third-order valence-corrected chi connectivity index (χ3v) is 4.85. The van der Waals surface area contributed by atoms with Gasteiger partial charge < -0.3 is 25.0 Å². The van der Waals surface area contributed by atoms with Crippen molar-refractivity contribution in [3.8, 4) is 5.75 Å². The van der Waals surface area contributed by atoms with E-state index in [2.05, 4.69) is 15.6 Å². The topological polar surface area (TPSA) is 110 Å². The summed E-state index contributed by atoms with van der Waals surface area (Å²) in [5.41, 5.74) is 0.643. The van der Waals surface area contributed by atoms with E-state index in [0.717, 1.165) is 0 Å². The summed E-state index contributed by atoms with van der Waals surface area (Å²) in [6.45, 7) is 6.57. The van der Waals surface area contributed by atoms with Gasteiger partial charge in [-0.1, -0.05) is 18.2 Å². The van der Waals surface area contributed by atoms with E-state index in [1.54, 1.807) is 48.7 Å². The monoisotopic (exact) mass is 470 g/mol. The van der Waals surface area contributed by atoms with E-state index in [0.29, 0.717) is 23.7 Å². The zero-order valence-corrected chi connectivity index (χ0v) is 20.2. The van der Waals surface area contributed by atoms with Crippen LogP contribution in [0.15, 0.2) is 48.7 Å². The lowest BCUT2D eigenvalue weighted by Gasteiger charge is -2.32. The molecule has 0 bridgehead atoms. The van der Waals surface area contributed by atoms with E-state index in [-0.39, 0.29) is 49.8 Å². The van der Waals surface area contributed by atoms with Crippen LogP contribution in [-0.2, 0) is 19.1 Å². The second-order valence-corrected chi connectivity index (χ2v) is 7.91. The first-order valence-electron chi connectivity index (χ1n) is 11.4. The average molecular weight is 471 g/mol. The highest BCUT2D eigenvalue weighted by atomic mass is 16.5. The maximum atomic E-state index is 13.3. The number of benzene rings is 1. The Morgan fingerprint density at radius 2 is 1.79 bits per heavy atom. The molecule has 1 unspecified atom stereocenters. The predicted molar refractivity (Wildman–Crippen MR) is 129 cm³/mol. The van der Waals surface area contributed by atoms with Gasteiger partial charge in [0.25, 0.3) is 0 Å². The highest BCUT2D eigenvalue weighted by Gasteiger charge is 2.31. The molecule has 0 saturated heterocycles. The van der Waals surface area contributed by atoms with Gasteiger partial charge in [0.15, 0.2) is 0 Å². The van der Waals surface area contributed by atoms with Crippen LogP contribution in [0.2, 0.25) is 0 Å². The Balaban J connectivity index is 2.22. The average Bonchev–Trinajstić information content (AvgIpc) is 2.81. The standard InChI is InChI=1S/C25H34N4O5/c1-5-34-20-11-9-19(10-12-20)24(25(32)27-18(2)3)29(16-17-33-4)23(31)14-13-22(30)28-21-8-6-7-15-26-21/h6-12,15,18,24H,5,13-14,16-17H2,1-4H3,(H,27,32)(H,26,28,30). The zero-order valence-electron chi connectivity index (χ0n) is 20.2. The molecule has 184 valence electrons. The number of carbonyl (C=O) groups is 3. The molecule has 0 saturated carbocycles. The van der Waals surface area contributed by atoms with Gasteiger partial charge in [0.1, 0.15) is 17.6 Å². The molecule has 0 spiro atoms. The van der Waals surface area contributed by atoms with Crippen LogP contribution in [0.4, 0.5) is 5.82 Å². The van der Waals surface area contributed by atoms with Crippen molar-refractivity contribution in [2.75, 3.05) is 32.2 Å². The molecule has 1 atom stereocenters. The predicted octanol–water partition coefficient (Wildman–Crippen LogP) is 2.94. The van der Waals surface area contributed by atoms with Crippen LogP contribution in [0.5, 0.6) is 5.75 Å². The van der Waals surface area contributed by atoms with Crippen LogP contribution in [0.1, 0.15) is 45.2 Å². The third-order valence-electron chi connectivity index (χ3n) is 4.85. The Hall–Kier alpha value is -3.46. The molecule has 9 heteroatoms. The molecule has 9 nitrogen and oxygen atoms in total. The van der Waals surface area contributed by atoms with Crippen LogP contribution in [0, 0.1) is 0 Å². The number of anilines is 1. The van der Waals surface area contributed by atoms with E-state index in [1.807, 2.05) is 20.8 Å². The SMILES string of the molecule is CCOc1ccc(C(C(=O)NC(C)C)N(CCOC)C(=O)CCC(=O)Nc2ccccn2)cc1. The largest absolute Gasteiger partial charge is 0.494 e. The number of nitrogens with one attached hydrogen (secondary N) is 2. The molecule has 2 N–H and O–H groups in total. The van der Waals surface area contributed by atoms with Gasteiger partial charge in [-0.05, 0) is 50.6 Å². The number of rotatable bonds is 13. The highest BCUT2D eigenvalue weighted by Crippen LogP contribution is 2.25. The lowest BCUT2D eigenvalue weighted by atomic mass is 10.0. The number of hydrogen-bond donors (Lipinski definition) is 2. The Morgan fingerprint density at radius 1 is 1.06 bits per heavy atom. The zero-order chi connectivity index (χ0) is 24.9. The molecule has 2 aromatic rings. The van der Waals surface area contributed by atoms with E-state index in [9.17, 15) is 14.4 Å². The van der Waals surface area contributed by atoms with E-state index < -0.39 is 6.04 Å². The van der Waals surface area contributed by atoms with Crippen molar-refractivity contribution in [1.29, 1.82) is 0 Å². The fourth-order valence-electron chi connectivity index (χ4n) is 3.34. The molecule has 0 aliphatic heterocycles. The second-order valence-electron chi connectivity index (χ2n) is 7.91. The van der Waals surface area contributed by atoms with Gasteiger partial charge in [-0.25, -0.2) is 4.98 Å². The second kappa shape index (κ2) is 13.9. The van der Waals surface area contributed by atoms with Crippen molar-refractivity contribution >= 4 is 23.5 Å². The van der Waals surface area contributed by atoms with Crippen molar-refractivity contribution < 1.29 is 23.9 Å². The van der Waals surface area contributed by atoms with E-state index in [4.69, 9.17) is 9.47 Å². The van der Waals surface area contributed by atoms with E-state index in [1.165, 1.54) is 12.0 Å². The molecule has 0 radical (unpaired) electrons. The number of aromatic nitrogens is 1. The van der Waals surface area contributed by atoms with Crippen molar-refractivity contribution in [2.24, 2.45) is 0 Å². The Morgan fingerprint density at radius 3 is 2.38 bits per heavy atom. The van der Waals surface area contributed by atoms with Gasteiger partial charge in [0.05, 0.1) is 13.2 Å². The molecule has 0 fully saturated rings. The summed E-state index contributed by atoms with van der Waals surface area (Å²) >= 11 is 0. The van der Waals surface area contributed by atoms with Gasteiger partial charge in [0, 0.05) is 38.7 Å².